The first-order chi connectivity index (χ1) is 11.2. The number of ether oxygens (including phenoxy) is 1. The molecule has 0 bridgehead atoms. The predicted octanol–water partition coefficient (Wildman–Crippen LogP) is 2.27. The molecule has 0 fully saturated rings. The van der Waals surface area contributed by atoms with Crippen LogP contribution in [0.3, 0.4) is 0 Å². The average Bonchev–Trinajstić information content (AvgIpc) is 2.59. The Bertz CT molecular complexity index is 713. The topological polar surface area (TPSA) is 67.4 Å². The molecule has 0 saturated carbocycles. The summed E-state index contributed by atoms with van der Waals surface area (Å²) >= 11 is 0. The second-order valence-corrected chi connectivity index (χ2v) is 5.42. The van der Waals surface area contributed by atoms with E-state index in [2.05, 4.69) is 10.6 Å². The van der Waals surface area contributed by atoms with Crippen molar-refractivity contribution in [3.8, 4) is 5.75 Å². The van der Waals surface area contributed by atoms with Gasteiger partial charge in [-0.2, -0.15) is 0 Å². The lowest BCUT2D eigenvalue weighted by molar-refractivity contribution is -0.123. The maximum atomic E-state index is 11.8. The SMILES string of the molecule is O=C(COc1ccc2c(c1)CCC(=O)N2)NCc1ccccc1. The average molecular weight is 310 g/mol. The van der Waals surface area contributed by atoms with Crippen molar-refractivity contribution in [2.75, 3.05) is 11.9 Å². The van der Waals surface area contributed by atoms with Crippen molar-refractivity contribution in [3.63, 3.8) is 0 Å². The number of benzene rings is 2. The monoisotopic (exact) mass is 310 g/mol. The molecule has 2 aromatic carbocycles. The molecule has 0 aliphatic carbocycles. The zero-order valence-electron chi connectivity index (χ0n) is 12.7. The van der Waals surface area contributed by atoms with E-state index < -0.39 is 0 Å². The number of hydrogen-bond donors (Lipinski definition) is 2. The number of rotatable bonds is 5. The molecule has 0 unspecified atom stereocenters. The molecule has 5 nitrogen and oxygen atoms in total. The van der Waals surface area contributed by atoms with Gasteiger partial charge >= 0.3 is 0 Å². The number of aryl methyl sites for hydroxylation is 1. The molecule has 2 amide bonds. The van der Waals surface area contributed by atoms with Crippen LogP contribution in [0.5, 0.6) is 5.75 Å². The largest absolute Gasteiger partial charge is 0.484 e. The molecule has 2 N–H and O–H groups in total. The third kappa shape index (κ3) is 4.10. The highest BCUT2D eigenvalue weighted by molar-refractivity contribution is 5.94. The van der Waals surface area contributed by atoms with E-state index in [1.54, 1.807) is 6.07 Å². The van der Waals surface area contributed by atoms with E-state index in [4.69, 9.17) is 4.74 Å². The normalized spacial score (nSPS) is 13.0. The Morgan fingerprint density at radius 2 is 1.96 bits per heavy atom. The van der Waals surface area contributed by atoms with Crippen molar-refractivity contribution in [3.05, 3.63) is 59.7 Å². The van der Waals surface area contributed by atoms with Crippen LogP contribution in [0.1, 0.15) is 17.5 Å². The van der Waals surface area contributed by atoms with Crippen LogP contribution >= 0.6 is 0 Å². The standard InChI is InChI=1S/C18H18N2O3/c21-17-9-6-14-10-15(7-8-16(14)20-17)23-12-18(22)19-11-13-4-2-1-3-5-13/h1-5,7-8,10H,6,9,11-12H2,(H,19,22)(H,20,21). The lowest BCUT2D eigenvalue weighted by atomic mass is 10.0. The van der Waals surface area contributed by atoms with Gasteiger partial charge in [-0.1, -0.05) is 30.3 Å². The zero-order chi connectivity index (χ0) is 16.1. The number of nitrogens with one attached hydrogen (secondary N) is 2. The summed E-state index contributed by atoms with van der Waals surface area (Å²) in [4.78, 5) is 23.1. The quantitative estimate of drug-likeness (QED) is 0.890. The number of hydrogen-bond acceptors (Lipinski definition) is 3. The Morgan fingerprint density at radius 3 is 2.78 bits per heavy atom. The molecule has 0 radical (unpaired) electrons. The number of fused-ring (bicyclic) bond motifs is 1. The first kappa shape index (κ1) is 15.1. The first-order valence-electron chi connectivity index (χ1n) is 7.57. The zero-order valence-corrected chi connectivity index (χ0v) is 12.7. The summed E-state index contributed by atoms with van der Waals surface area (Å²) in [6.45, 7) is 0.456. The molecule has 0 saturated heterocycles. The number of amides is 2. The lowest BCUT2D eigenvalue weighted by Gasteiger charge is -2.17. The predicted molar refractivity (Wildman–Crippen MR) is 87.2 cm³/mol. The van der Waals surface area contributed by atoms with Gasteiger partial charge in [-0.25, -0.2) is 0 Å². The minimum Gasteiger partial charge on any atom is -0.484 e. The van der Waals surface area contributed by atoms with Gasteiger partial charge in [0.1, 0.15) is 5.75 Å². The van der Waals surface area contributed by atoms with E-state index in [1.165, 1.54) is 0 Å². The number of anilines is 1. The van der Waals surface area contributed by atoms with Crippen LogP contribution in [0.4, 0.5) is 5.69 Å². The molecule has 1 aliphatic rings. The number of carbonyl (C=O) groups excluding carboxylic acids is 2. The summed E-state index contributed by atoms with van der Waals surface area (Å²) < 4.78 is 5.52. The van der Waals surface area contributed by atoms with Gasteiger partial charge in [0.25, 0.3) is 5.91 Å². The van der Waals surface area contributed by atoms with Crippen LogP contribution in [-0.4, -0.2) is 18.4 Å². The van der Waals surface area contributed by atoms with Crippen molar-refractivity contribution >= 4 is 17.5 Å². The fourth-order valence-electron chi connectivity index (χ4n) is 2.45. The Hall–Kier alpha value is -2.82. The van der Waals surface area contributed by atoms with E-state index >= 15 is 0 Å². The van der Waals surface area contributed by atoms with Gasteiger partial charge < -0.3 is 15.4 Å². The van der Waals surface area contributed by atoms with Gasteiger partial charge in [0.2, 0.25) is 5.91 Å². The second-order valence-electron chi connectivity index (χ2n) is 5.42. The molecular formula is C18H18N2O3. The van der Waals surface area contributed by atoms with Crippen molar-refractivity contribution in [2.45, 2.75) is 19.4 Å². The molecule has 0 spiro atoms. The van der Waals surface area contributed by atoms with E-state index in [0.29, 0.717) is 25.1 Å². The van der Waals surface area contributed by atoms with Crippen molar-refractivity contribution in [1.29, 1.82) is 0 Å². The summed E-state index contributed by atoms with van der Waals surface area (Å²) in [5, 5.41) is 5.63. The molecular weight excluding hydrogens is 292 g/mol. The molecule has 3 rings (SSSR count). The van der Waals surface area contributed by atoms with Crippen molar-refractivity contribution in [1.82, 2.24) is 5.32 Å². The summed E-state index contributed by atoms with van der Waals surface area (Å²) in [7, 11) is 0. The van der Waals surface area contributed by atoms with E-state index in [9.17, 15) is 9.59 Å². The minimum absolute atomic E-state index is 0.0298. The van der Waals surface area contributed by atoms with Crippen molar-refractivity contribution < 1.29 is 14.3 Å². The van der Waals surface area contributed by atoms with E-state index in [1.807, 2.05) is 42.5 Å². The molecule has 0 aromatic heterocycles. The maximum absolute atomic E-state index is 11.8. The number of carbonyl (C=O) groups is 2. The highest BCUT2D eigenvalue weighted by Gasteiger charge is 2.15. The summed E-state index contributed by atoms with van der Waals surface area (Å²) in [6.07, 6.45) is 1.17. The van der Waals surface area contributed by atoms with Gasteiger partial charge in [0, 0.05) is 18.7 Å². The van der Waals surface area contributed by atoms with Crippen LogP contribution in [-0.2, 0) is 22.6 Å². The van der Waals surface area contributed by atoms with Gasteiger partial charge in [-0.3, -0.25) is 9.59 Å². The molecule has 2 aromatic rings. The van der Waals surface area contributed by atoms with Crippen LogP contribution in [0.2, 0.25) is 0 Å². The Balaban J connectivity index is 1.50. The minimum atomic E-state index is -0.167. The lowest BCUT2D eigenvalue weighted by Crippen LogP contribution is -2.28. The van der Waals surface area contributed by atoms with Crippen LogP contribution in [0, 0.1) is 0 Å². The van der Waals surface area contributed by atoms with Crippen LogP contribution in [0.15, 0.2) is 48.5 Å². The third-order valence-corrected chi connectivity index (χ3v) is 3.67. The summed E-state index contributed by atoms with van der Waals surface area (Å²) in [5.74, 6) is 0.501. The molecule has 1 aliphatic heterocycles. The van der Waals surface area contributed by atoms with Gasteiger partial charge in [-0.05, 0) is 35.7 Å². The molecule has 118 valence electrons. The van der Waals surface area contributed by atoms with Crippen LogP contribution in [0.25, 0.3) is 0 Å². The second kappa shape index (κ2) is 6.96. The van der Waals surface area contributed by atoms with E-state index in [-0.39, 0.29) is 18.4 Å². The van der Waals surface area contributed by atoms with E-state index in [0.717, 1.165) is 16.8 Å². The van der Waals surface area contributed by atoms with Gasteiger partial charge in [-0.15, -0.1) is 0 Å². The highest BCUT2D eigenvalue weighted by Crippen LogP contribution is 2.26. The van der Waals surface area contributed by atoms with Crippen LogP contribution < -0.4 is 15.4 Å². The summed E-state index contributed by atoms with van der Waals surface area (Å²) in [5.41, 5.74) is 2.90. The first-order valence-corrected chi connectivity index (χ1v) is 7.57. The molecule has 1 heterocycles. The van der Waals surface area contributed by atoms with Crippen molar-refractivity contribution in [2.24, 2.45) is 0 Å². The highest BCUT2D eigenvalue weighted by atomic mass is 16.5. The Morgan fingerprint density at radius 1 is 1.13 bits per heavy atom. The third-order valence-electron chi connectivity index (χ3n) is 3.67. The fourth-order valence-corrected chi connectivity index (χ4v) is 2.45. The fraction of sp³-hybridized carbons (Fsp3) is 0.222. The summed E-state index contributed by atoms with van der Waals surface area (Å²) in [6, 6.07) is 15.2. The van der Waals surface area contributed by atoms with Gasteiger partial charge in [0.05, 0.1) is 0 Å². The Labute approximate surface area is 134 Å². The maximum Gasteiger partial charge on any atom is 0.258 e. The molecule has 5 heteroatoms. The Kier molecular flexibility index (Phi) is 4.57. The molecule has 23 heavy (non-hydrogen) atoms. The molecule has 0 atom stereocenters. The van der Waals surface area contributed by atoms with Gasteiger partial charge in [0.15, 0.2) is 6.61 Å². The smallest absolute Gasteiger partial charge is 0.258 e.